The Morgan fingerprint density at radius 1 is 1.04 bits per heavy atom. The van der Waals surface area contributed by atoms with Gasteiger partial charge in [-0.2, -0.15) is 23.1 Å². The van der Waals surface area contributed by atoms with Gasteiger partial charge in [-0.05, 0) is 93.1 Å². The predicted octanol–water partition coefficient (Wildman–Crippen LogP) is 5.02. The van der Waals surface area contributed by atoms with E-state index >= 15 is 17.6 Å². The number of urea groups is 1. The van der Waals surface area contributed by atoms with Crippen molar-refractivity contribution in [3.05, 3.63) is 81.9 Å². The summed E-state index contributed by atoms with van der Waals surface area (Å²) in [6.07, 6.45) is 4.19. The Hall–Kier alpha value is -6.19. The van der Waals surface area contributed by atoms with Crippen molar-refractivity contribution in [2.75, 3.05) is 56.1 Å². The standard InChI is InChI=1S/C44H46F4N10O8S/c1-54(15-16-59)67(63,64)53-36-6-4-33(45)39(31(36)21-49)66-27-3-5-35-29(17-27)41(61)58(24-50-35)26-20-43(65-22-26)11-7-25(8-12-43)56-13-9-32(44(47,48)23-56)28-19-37-30(18-34(28)46)40(52-55(37)2)57-14-10-38(60)51-42(57)62/h3-6,17-19,24-26,32,53,59H,7-16,20,22-23H2,1-2H3,(H,51,60,62)/t25?,26-,32-,43?/m1/s1. The quantitative estimate of drug-likeness (QED) is 0.149. The number of aliphatic hydroxyl groups excluding tert-OH is 1. The average Bonchev–Trinajstić information content (AvgIpc) is 3.84. The molecule has 5 heterocycles. The van der Waals surface area contributed by atoms with Crippen LogP contribution in [0.25, 0.3) is 21.8 Å². The summed E-state index contributed by atoms with van der Waals surface area (Å²) >= 11 is 0. The van der Waals surface area contributed by atoms with Crippen LogP contribution in [-0.4, -0.2) is 118 Å². The number of hydrogen-bond donors (Lipinski definition) is 3. The Labute approximate surface area is 380 Å². The van der Waals surface area contributed by atoms with Crippen molar-refractivity contribution in [3.8, 4) is 17.6 Å². The maximum atomic E-state index is 16.2. The maximum absolute atomic E-state index is 16.2. The Kier molecular flexibility index (Phi) is 12.0. The zero-order chi connectivity index (χ0) is 47.6. The van der Waals surface area contributed by atoms with Crippen LogP contribution in [0.15, 0.2) is 53.6 Å². The number of nitrogens with zero attached hydrogens (tertiary/aromatic N) is 8. The number of benzene rings is 3. The molecule has 23 heteroatoms. The van der Waals surface area contributed by atoms with Gasteiger partial charge in [-0.1, -0.05) is 0 Å². The van der Waals surface area contributed by atoms with E-state index in [1.165, 1.54) is 51.8 Å². The Morgan fingerprint density at radius 2 is 1.82 bits per heavy atom. The molecule has 3 amide bonds. The molecular formula is C44H46F4N10O8S. The monoisotopic (exact) mass is 950 g/mol. The minimum atomic E-state index is -4.23. The van der Waals surface area contributed by atoms with E-state index in [9.17, 15) is 28.1 Å². The lowest BCUT2D eigenvalue weighted by molar-refractivity contribution is -0.120. The SMILES string of the molecule is CN(CCO)S(=O)(=O)Nc1ccc(F)c(Oc2ccc3ncn([C@H]4COC5(CCC(N6CC[C@H](c7cc8c(cc7F)c(N7CCC(=O)NC7=O)nn8C)C(F)(F)C6)CC5)C4)c(=O)c3c2)c1C#N. The first-order valence-corrected chi connectivity index (χ1v) is 23.1. The molecule has 4 fully saturated rings. The molecule has 1 spiro atoms. The van der Waals surface area contributed by atoms with Crippen molar-refractivity contribution >= 4 is 55.5 Å². The molecule has 0 unspecified atom stereocenters. The van der Waals surface area contributed by atoms with Crippen molar-refractivity contribution in [1.29, 1.82) is 5.26 Å². The van der Waals surface area contributed by atoms with Gasteiger partial charge < -0.3 is 14.6 Å². The molecule has 3 aliphatic heterocycles. The van der Waals surface area contributed by atoms with Crippen LogP contribution in [0.4, 0.5) is 33.9 Å². The van der Waals surface area contributed by atoms with Crippen LogP contribution in [0.1, 0.15) is 68.0 Å². The lowest BCUT2D eigenvalue weighted by atomic mass is 9.78. The number of rotatable bonds is 11. The molecule has 1 aliphatic carbocycles. The largest absolute Gasteiger partial charge is 0.453 e. The van der Waals surface area contributed by atoms with Crippen LogP contribution >= 0.6 is 0 Å². The van der Waals surface area contributed by atoms with Gasteiger partial charge in [0.15, 0.2) is 17.4 Å². The number of imide groups is 1. The van der Waals surface area contributed by atoms with Gasteiger partial charge in [-0.3, -0.25) is 38.7 Å². The van der Waals surface area contributed by atoms with Gasteiger partial charge in [0, 0.05) is 45.0 Å². The van der Waals surface area contributed by atoms with Gasteiger partial charge in [-0.25, -0.2) is 27.3 Å². The molecule has 67 heavy (non-hydrogen) atoms. The van der Waals surface area contributed by atoms with E-state index in [1.807, 2.05) is 0 Å². The molecule has 2 aromatic heterocycles. The first-order chi connectivity index (χ1) is 31.9. The minimum Gasteiger partial charge on any atom is -0.453 e. The third-order valence-corrected chi connectivity index (χ3v) is 15.0. The summed E-state index contributed by atoms with van der Waals surface area (Å²) in [6, 6.07) is 9.29. The molecule has 1 saturated carbocycles. The lowest BCUT2D eigenvalue weighted by Crippen LogP contribution is -2.53. The van der Waals surface area contributed by atoms with E-state index in [4.69, 9.17) is 14.6 Å². The molecular weight excluding hydrogens is 905 g/mol. The highest BCUT2D eigenvalue weighted by molar-refractivity contribution is 7.90. The number of aromatic nitrogens is 4. The number of carbonyl (C=O) groups excluding carboxylic acids is 2. The van der Waals surface area contributed by atoms with Crippen LogP contribution in [0.5, 0.6) is 11.5 Å². The number of piperidine rings is 1. The highest BCUT2D eigenvalue weighted by atomic mass is 32.2. The molecule has 0 radical (unpaired) electrons. The number of likely N-dealkylation sites (N-methyl/N-ethyl adjacent to an activating group) is 1. The molecule has 5 aromatic rings. The third kappa shape index (κ3) is 8.56. The van der Waals surface area contributed by atoms with Crippen LogP contribution in [0.2, 0.25) is 0 Å². The van der Waals surface area contributed by atoms with Crippen molar-refractivity contribution in [2.24, 2.45) is 7.05 Å². The Bertz CT molecular complexity index is 3030. The fourth-order valence-electron chi connectivity index (χ4n) is 9.90. The molecule has 9 rings (SSSR count). The van der Waals surface area contributed by atoms with Crippen LogP contribution in [-0.2, 0) is 26.8 Å². The number of carbonyl (C=O) groups is 2. The summed E-state index contributed by atoms with van der Waals surface area (Å²) in [4.78, 5) is 45.7. The Balaban J connectivity index is 0.854. The molecule has 18 nitrogen and oxygen atoms in total. The fraction of sp³-hybridized carbons (Fsp3) is 0.455. The lowest BCUT2D eigenvalue weighted by Gasteiger charge is -2.46. The number of aliphatic hydroxyl groups is 1. The second-order valence-corrected chi connectivity index (χ2v) is 19.3. The number of aryl methyl sites for hydroxylation is 1. The summed E-state index contributed by atoms with van der Waals surface area (Å²) in [5.41, 5.74) is -1.19. The summed E-state index contributed by atoms with van der Waals surface area (Å²) in [5.74, 6) is -7.36. The number of nitrogens with one attached hydrogen (secondary N) is 2. The Morgan fingerprint density at radius 3 is 2.54 bits per heavy atom. The molecule has 354 valence electrons. The van der Waals surface area contributed by atoms with Gasteiger partial charge >= 0.3 is 16.2 Å². The second-order valence-electron chi connectivity index (χ2n) is 17.6. The van der Waals surface area contributed by atoms with Crippen LogP contribution < -0.4 is 25.2 Å². The van der Waals surface area contributed by atoms with E-state index in [1.54, 1.807) is 18.0 Å². The number of hydrogen-bond acceptors (Lipinski definition) is 12. The van der Waals surface area contributed by atoms with Gasteiger partial charge in [0.2, 0.25) is 5.91 Å². The number of ether oxygens (including phenoxy) is 2. The number of alkyl halides is 2. The average molecular weight is 951 g/mol. The first-order valence-electron chi connectivity index (χ1n) is 21.7. The number of anilines is 2. The number of amides is 3. The van der Waals surface area contributed by atoms with E-state index < -0.39 is 87.3 Å². The zero-order valence-corrected chi connectivity index (χ0v) is 37.2. The normalized spacial score (nSPS) is 23.6. The van der Waals surface area contributed by atoms with E-state index in [2.05, 4.69) is 20.1 Å². The van der Waals surface area contributed by atoms with E-state index in [-0.39, 0.29) is 72.2 Å². The molecule has 4 aliphatic rings. The van der Waals surface area contributed by atoms with Crippen molar-refractivity contribution in [2.45, 2.75) is 74.5 Å². The number of halogens is 4. The minimum absolute atomic E-state index is 0.00785. The molecule has 2 atom stereocenters. The van der Waals surface area contributed by atoms with Gasteiger partial charge in [-0.15, -0.1) is 0 Å². The summed E-state index contributed by atoms with van der Waals surface area (Å²) < 4.78 is 107. The molecule has 3 aromatic carbocycles. The molecule has 0 bridgehead atoms. The van der Waals surface area contributed by atoms with Crippen molar-refractivity contribution < 1.29 is 50.1 Å². The second kappa shape index (κ2) is 17.5. The number of likely N-dealkylation sites (tertiary alicyclic amines) is 1. The van der Waals surface area contributed by atoms with Crippen LogP contribution in [0.3, 0.4) is 0 Å². The fourth-order valence-corrected chi connectivity index (χ4v) is 10.8. The summed E-state index contributed by atoms with van der Waals surface area (Å²) in [5, 5.41) is 26.1. The van der Waals surface area contributed by atoms with Gasteiger partial charge in [0.1, 0.15) is 23.2 Å². The molecule has 3 N–H and O–H groups in total. The predicted molar refractivity (Wildman–Crippen MR) is 234 cm³/mol. The van der Waals surface area contributed by atoms with E-state index in [0.29, 0.717) is 49.7 Å². The number of nitriles is 1. The van der Waals surface area contributed by atoms with Crippen molar-refractivity contribution in [3.63, 3.8) is 0 Å². The van der Waals surface area contributed by atoms with Crippen LogP contribution in [0, 0.1) is 23.0 Å². The van der Waals surface area contributed by atoms with Gasteiger partial charge in [0.05, 0.1) is 65.8 Å². The summed E-state index contributed by atoms with van der Waals surface area (Å²) in [7, 11) is -1.43. The first kappa shape index (κ1) is 45.9. The number of fused-ring (bicyclic) bond motifs is 2. The maximum Gasteiger partial charge on any atom is 0.329 e. The smallest absolute Gasteiger partial charge is 0.329 e. The highest BCUT2D eigenvalue weighted by Crippen LogP contribution is 2.48. The molecule has 3 saturated heterocycles. The zero-order valence-electron chi connectivity index (χ0n) is 36.3. The third-order valence-electron chi connectivity index (χ3n) is 13.5. The summed E-state index contributed by atoms with van der Waals surface area (Å²) in [6.45, 7) is -0.687. The van der Waals surface area contributed by atoms with Gasteiger partial charge in [0.25, 0.3) is 11.5 Å². The highest BCUT2D eigenvalue weighted by Gasteiger charge is 2.50. The topological polar surface area (TPSA) is 217 Å². The van der Waals surface area contributed by atoms with Crippen molar-refractivity contribution in [1.82, 2.24) is 33.9 Å². The van der Waals surface area contributed by atoms with E-state index in [0.717, 1.165) is 22.5 Å².